The first-order valence-corrected chi connectivity index (χ1v) is 9.25. The Hall–Kier alpha value is -0.720. The van der Waals surface area contributed by atoms with E-state index in [1.807, 2.05) is 0 Å². The minimum Gasteiger partial charge on any atom is -0.393 e. The summed E-state index contributed by atoms with van der Waals surface area (Å²) >= 11 is 0. The largest absolute Gasteiger partial charge is 0.393 e. The number of hydrogen-bond acceptors (Lipinski definition) is 5. The van der Waals surface area contributed by atoms with E-state index in [1.165, 1.54) is 0 Å². The van der Waals surface area contributed by atoms with Crippen LogP contribution in [-0.4, -0.2) is 50.9 Å². The smallest absolute Gasteiger partial charge is 0.105 e. The zero-order chi connectivity index (χ0) is 16.9. The maximum absolute atomic E-state index is 10.6. The van der Waals surface area contributed by atoms with Gasteiger partial charge in [0.05, 0.1) is 23.4 Å². The second-order valence-corrected chi connectivity index (χ2v) is 8.90. The van der Waals surface area contributed by atoms with Gasteiger partial charge in [-0.25, -0.2) is 0 Å². The van der Waals surface area contributed by atoms with Crippen LogP contribution in [0, 0.1) is 11.3 Å². The third-order valence-corrected chi connectivity index (χ3v) is 7.86. The number of fused-ring (bicyclic) bond motifs is 1. The fourth-order valence-electron chi connectivity index (χ4n) is 6.47. The molecule has 5 aliphatic rings. The molecule has 0 unspecified atom stereocenters. The fourth-order valence-corrected chi connectivity index (χ4v) is 6.47. The zero-order valence-electron chi connectivity index (χ0n) is 14.1. The van der Waals surface area contributed by atoms with Crippen molar-refractivity contribution >= 4 is 0 Å². The second kappa shape index (κ2) is 4.51. The molecule has 0 aromatic heterocycles. The highest BCUT2D eigenvalue weighted by Gasteiger charge is 2.67. The third kappa shape index (κ3) is 1.59. The van der Waals surface area contributed by atoms with Gasteiger partial charge >= 0.3 is 0 Å². The molecular weight excluding hydrogens is 306 g/mol. The highest BCUT2D eigenvalue weighted by atomic mass is 16.5. The Bertz CT molecular complexity index is 660. The molecule has 0 aromatic rings. The van der Waals surface area contributed by atoms with Gasteiger partial charge in [0.25, 0.3) is 0 Å². The minimum absolute atomic E-state index is 0.130. The van der Waals surface area contributed by atoms with Crippen molar-refractivity contribution in [2.75, 3.05) is 0 Å². The number of rotatable bonds is 0. The van der Waals surface area contributed by atoms with Gasteiger partial charge in [-0.15, -0.1) is 0 Å². The van der Waals surface area contributed by atoms with Gasteiger partial charge in [0.1, 0.15) is 6.10 Å². The standard InChI is InChI=1S/C19H27NO4/c1-17-5-4-10-8-11-15(22)16(23)12(20)9-18(11)6-7-19(10,24-18)13(17)2-3-14(17)21/h4,8,12-16,21-23H,2-3,5-7,9,20H2,1H3/t12-,13+,14-,15+,16+,17-,18+,19+/m0/s1. The highest BCUT2D eigenvalue weighted by molar-refractivity contribution is 5.49. The Morgan fingerprint density at radius 2 is 2.00 bits per heavy atom. The maximum Gasteiger partial charge on any atom is 0.105 e. The monoisotopic (exact) mass is 333 g/mol. The van der Waals surface area contributed by atoms with Crippen LogP contribution in [0.4, 0.5) is 0 Å². The van der Waals surface area contributed by atoms with Crippen molar-refractivity contribution in [3.05, 3.63) is 23.3 Å². The number of hydrogen-bond donors (Lipinski definition) is 4. The van der Waals surface area contributed by atoms with E-state index in [4.69, 9.17) is 10.5 Å². The summed E-state index contributed by atoms with van der Waals surface area (Å²) in [4.78, 5) is 0. The number of aliphatic hydroxyl groups is 3. The lowest BCUT2D eigenvalue weighted by atomic mass is 9.60. The van der Waals surface area contributed by atoms with Gasteiger partial charge in [-0.1, -0.05) is 19.1 Å². The number of ether oxygens (including phenoxy) is 1. The van der Waals surface area contributed by atoms with Crippen molar-refractivity contribution in [2.45, 2.75) is 81.0 Å². The van der Waals surface area contributed by atoms with Gasteiger partial charge in [-0.2, -0.15) is 0 Å². The summed E-state index contributed by atoms with van der Waals surface area (Å²) in [5.41, 5.74) is 7.03. The molecule has 3 fully saturated rings. The van der Waals surface area contributed by atoms with Crippen LogP contribution in [0.1, 0.15) is 45.4 Å². The summed E-state index contributed by atoms with van der Waals surface area (Å²) < 4.78 is 6.80. The summed E-state index contributed by atoms with van der Waals surface area (Å²) in [6, 6.07) is -0.470. The van der Waals surface area contributed by atoms with Crippen LogP contribution in [0.15, 0.2) is 23.3 Å². The van der Waals surface area contributed by atoms with Gasteiger partial charge in [0.15, 0.2) is 0 Å². The fraction of sp³-hybridized carbons (Fsp3) is 0.789. The average molecular weight is 333 g/mol. The van der Waals surface area contributed by atoms with Crippen LogP contribution in [0.2, 0.25) is 0 Å². The Balaban J connectivity index is 1.65. The third-order valence-electron chi connectivity index (χ3n) is 7.86. The Morgan fingerprint density at radius 3 is 2.79 bits per heavy atom. The molecule has 8 atom stereocenters. The number of nitrogens with two attached hydrogens (primary N) is 1. The highest BCUT2D eigenvalue weighted by Crippen LogP contribution is 2.66. The van der Waals surface area contributed by atoms with Crippen molar-refractivity contribution in [3.63, 3.8) is 0 Å². The van der Waals surface area contributed by atoms with E-state index in [1.54, 1.807) is 0 Å². The van der Waals surface area contributed by atoms with Gasteiger partial charge in [-0.3, -0.25) is 0 Å². The van der Waals surface area contributed by atoms with Crippen molar-refractivity contribution < 1.29 is 20.1 Å². The average Bonchev–Trinajstić information content (AvgIpc) is 3.02. The Kier molecular flexibility index (Phi) is 2.92. The van der Waals surface area contributed by atoms with Gasteiger partial charge in [0.2, 0.25) is 0 Å². The van der Waals surface area contributed by atoms with Crippen LogP contribution < -0.4 is 5.73 Å². The van der Waals surface area contributed by atoms with E-state index in [0.29, 0.717) is 12.3 Å². The lowest BCUT2D eigenvalue weighted by molar-refractivity contribution is -0.160. The lowest BCUT2D eigenvalue weighted by Gasteiger charge is -2.54. The first-order chi connectivity index (χ1) is 11.3. The zero-order valence-corrected chi connectivity index (χ0v) is 14.1. The van der Waals surface area contributed by atoms with E-state index in [9.17, 15) is 15.3 Å². The van der Waals surface area contributed by atoms with Gasteiger partial charge in [-0.05, 0) is 49.7 Å². The van der Waals surface area contributed by atoms with Crippen molar-refractivity contribution in [1.29, 1.82) is 0 Å². The van der Waals surface area contributed by atoms with E-state index < -0.39 is 23.9 Å². The van der Waals surface area contributed by atoms with E-state index in [0.717, 1.165) is 43.3 Å². The van der Waals surface area contributed by atoms with Crippen LogP contribution in [-0.2, 0) is 4.74 Å². The van der Waals surface area contributed by atoms with Gasteiger partial charge < -0.3 is 25.8 Å². The summed E-state index contributed by atoms with van der Waals surface area (Å²) in [5, 5.41) is 31.3. The first-order valence-electron chi connectivity index (χ1n) is 9.25. The predicted molar refractivity (Wildman–Crippen MR) is 88.0 cm³/mol. The Morgan fingerprint density at radius 1 is 1.21 bits per heavy atom. The Labute approximate surface area is 142 Å². The molecule has 24 heavy (non-hydrogen) atoms. The predicted octanol–water partition coefficient (Wildman–Crippen LogP) is 0.774. The lowest BCUT2D eigenvalue weighted by Crippen LogP contribution is -2.61. The normalized spacial score (nSPS) is 58.5. The van der Waals surface area contributed by atoms with E-state index >= 15 is 0 Å². The maximum atomic E-state index is 10.6. The van der Waals surface area contributed by atoms with Crippen LogP contribution in [0.25, 0.3) is 0 Å². The number of allylic oxidation sites excluding steroid dienone is 1. The summed E-state index contributed by atoms with van der Waals surface area (Å²) in [6.07, 6.45) is 7.06. The molecule has 5 N–H and O–H groups in total. The first kappa shape index (κ1) is 15.5. The van der Waals surface area contributed by atoms with Gasteiger partial charge in [0, 0.05) is 17.4 Å². The molecule has 0 aromatic carbocycles. The quantitative estimate of drug-likeness (QED) is 0.525. The SMILES string of the molecule is C[C@]12CC=C3C=C4[C@@H](O)[C@H](O)[C@@H](N)C[C@]45CC[C@]3(O5)[C@@H]1CC[C@@H]2O. The molecular formula is C19H27NO4. The topological polar surface area (TPSA) is 95.9 Å². The second-order valence-electron chi connectivity index (χ2n) is 8.90. The molecule has 5 rings (SSSR count). The van der Waals surface area contributed by atoms with Crippen molar-refractivity contribution in [1.82, 2.24) is 0 Å². The summed E-state index contributed by atoms with van der Waals surface area (Å²) in [7, 11) is 0. The molecule has 1 saturated heterocycles. The van der Waals surface area contributed by atoms with E-state index in [2.05, 4.69) is 19.1 Å². The van der Waals surface area contributed by atoms with E-state index in [-0.39, 0.29) is 17.1 Å². The molecule has 2 heterocycles. The molecule has 2 bridgehead atoms. The van der Waals surface area contributed by atoms with Crippen molar-refractivity contribution in [2.24, 2.45) is 17.1 Å². The van der Waals surface area contributed by atoms with Crippen LogP contribution in [0.5, 0.6) is 0 Å². The molecule has 0 radical (unpaired) electrons. The molecule has 2 aliphatic heterocycles. The molecule has 3 aliphatic carbocycles. The van der Waals surface area contributed by atoms with Crippen molar-refractivity contribution in [3.8, 4) is 0 Å². The summed E-state index contributed by atoms with van der Waals surface area (Å²) in [5.74, 6) is 0.303. The molecule has 132 valence electrons. The molecule has 0 amide bonds. The molecule has 5 heteroatoms. The number of aliphatic hydroxyl groups excluding tert-OH is 3. The van der Waals surface area contributed by atoms with Crippen LogP contribution >= 0.6 is 0 Å². The molecule has 2 saturated carbocycles. The summed E-state index contributed by atoms with van der Waals surface area (Å²) in [6.45, 7) is 2.19. The molecule has 5 nitrogen and oxygen atoms in total. The van der Waals surface area contributed by atoms with Crippen LogP contribution in [0.3, 0.4) is 0 Å². The molecule has 2 spiro atoms. The minimum atomic E-state index is -0.951.